The van der Waals surface area contributed by atoms with Crippen molar-refractivity contribution in [3.05, 3.63) is 35.9 Å². The Hall–Kier alpha value is -2.22. The first kappa shape index (κ1) is 19.1. The molecule has 1 heterocycles. The summed E-state index contributed by atoms with van der Waals surface area (Å²) in [7, 11) is 0. The molecule has 0 aromatic heterocycles. The average molecular weight is 365 g/mol. The van der Waals surface area contributed by atoms with Gasteiger partial charge in [-0.05, 0) is 26.3 Å². The monoisotopic (exact) mass is 365 g/mol. The fraction of sp³-hybridized carbons (Fsp3) is 0.471. The Labute approximate surface area is 152 Å². The molecule has 2 rings (SSSR count). The van der Waals surface area contributed by atoms with Gasteiger partial charge in [0, 0.05) is 5.75 Å². The fourth-order valence-corrected chi connectivity index (χ4v) is 2.67. The number of hydrogen-bond acceptors (Lipinski definition) is 5. The van der Waals surface area contributed by atoms with Gasteiger partial charge in [0.15, 0.2) is 0 Å². The largest absolute Gasteiger partial charge is 0.444 e. The van der Waals surface area contributed by atoms with Crippen molar-refractivity contribution in [3.8, 4) is 0 Å². The second-order valence-corrected chi connectivity index (χ2v) is 7.14. The number of alkyl carbamates (subject to hydrolysis) is 1. The number of β-lactam (4-membered cyclic amide) rings is 1. The molecule has 1 unspecified atom stereocenters. The number of benzene rings is 1. The van der Waals surface area contributed by atoms with Gasteiger partial charge in [0.1, 0.15) is 17.7 Å². The van der Waals surface area contributed by atoms with Crippen LogP contribution < -0.4 is 16.0 Å². The van der Waals surface area contributed by atoms with Crippen LogP contribution in [0.1, 0.15) is 32.4 Å². The molecule has 1 aliphatic heterocycles. The van der Waals surface area contributed by atoms with Crippen molar-refractivity contribution in [1.82, 2.24) is 16.0 Å². The molecule has 3 N–H and O–H groups in total. The van der Waals surface area contributed by atoms with E-state index >= 15 is 0 Å². The maximum Gasteiger partial charge on any atom is 0.408 e. The number of hydrogen-bond donors (Lipinski definition) is 4. The molecular formula is C17H23N3O4S. The topological polar surface area (TPSA) is 96.5 Å². The van der Waals surface area contributed by atoms with Gasteiger partial charge < -0.3 is 20.7 Å². The van der Waals surface area contributed by atoms with E-state index in [2.05, 4.69) is 28.6 Å². The highest BCUT2D eigenvalue weighted by molar-refractivity contribution is 7.80. The summed E-state index contributed by atoms with van der Waals surface area (Å²) in [5, 5.41) is 7.89. The Morgan fingerprint density at radius 2 is 1.92 bits per heavy atom. The van der Waals surface area contributed by atoms with Crippen molar-refractivity contribution in [2.45, 2.75) is 44.5 Å². The predicted molar refractivity (Wildman–Crippen MR) is 96.3 cm³/mol. The zero-order chi connectivity index (χ0) is 18.6. The molecule has 1 aromatic carbocycles. The van der Waals surface area contributed by atoms with Crippen LogP contribution in [0.15, 0.2) is 30.3 Å². The normalized spacial score (nSPS) is 20.7. The number of thiol groups is 1. The van der Waals surface area contributed by atoms with Crippen molar-refractivity contribution in [2.75, 3.05) is 5.75 Å². The van der Waals surface area contributed by atoms with E-state index in [1.54, 1.807) is 45.0 Å². The summed E-state index contributed by atoms with van der Waals surface area (Å²) in [5.74, 6) is -0.341. The lowest BCUT2D eigenvalue weighted by atomic mass is 9.99. The van der Waals surface area contributed by atoms with Crippen LogP contribution in [0.25, 0.3) is 0 Å². The zero-order valence-electron chi connectivity index (χ0n) is 14.4. The summed E-state index contributed by atoms with van der Waals surface area (Å²) in [6, 6.07) is 6.93. The van der Waals surface area contributed by atoms with Crippen LogP contribution in [0, 0.1) is 0 Å². The van der Waals surface area contributed by atoms with Gasteiger partial charge >= 0.3 is 6.09 Å². The molecule has 0 aliphatic carbocycles. The first-order valence-electron chi connectivity index (χ1n) is 7.97. The highest BCUT2D eigenvalue weighted by atomic mass is 32.1. The molecule has 1 aliphatic rings. The summed E-state index contributed by atoms with van der Waals surface area (Å²) in [4.78, 5) is 36.4. The Morgan fingerprint density at radius 1 is 1.28 bits per heavy atom. The lowest BCUT2D eigenvalue weighted by molar-refractivity contribution is -0.136. The van der Waals surface area contributed by atoms with E-state index < -0.39 is 29.7 Å². The summed E-state index contributed by atoms with van der Waals surface area (Å²) in [6.45, 7) is 5.21. The Balaban J connectivity index is 2.13. The SMILES string of the molecule is CC(C)(C)OC(=O)NC(C(=O)N[C@@H]1C(=O)N[C@@H]1CS)c1ccccc1. The van der Waals surface area contributed by atoms with Crippen LogP contribution in [0.4, 0.5) is 4.79 Å². The molecule has 0 saturated carbocycles. The van der Waals surface area contributed by atoms with Gasteiger partial charge in [-0.25, -0.2) is 4.79 Å². The van der Waals surface area contributed by atoms with Crippen molar-refractivity contribution >= 4 is 30.5 Å². The predicted octanol–water partition coefficient (Wildman–Crippen LogP) is 1.17. The highest BCUT2D eigenvalue weighted by Crippen LogP contribution is 2.17. The molecule has 0 bridgehead atoms. The summed E-state index contributed by atoms with van der Waals surface area (Å²) in [5.41, 5.74) is -0.0970. The van der Waals surface area contributed by atoms with Crippen molar-refractivity contribution < 1.29 is 19.1 Å². The van der Waals surface area contributed by atoms with Gasteiger partial charge in [-0.2, -0.15) is 12.6 Å². The van der Waals surface area contributed by atoms with Crippen molar-refractivity contribution in [3.63, 3.8) is 0 Å². The van der Waals surface area contributed by atoms with Crippen LogP contribution in [0.2, 0.25) is 0 Å². The van der Waals surface area contributed by atoms with Gasteiger partial charge in [-0.1, -0.05) is 30.3 Å². The van der Waals surface area contributed by atoms with E-state index in [1.165, 1.54) is 0 Å². The standard InChI is InChI=1S/C17H23N3O4S/c1-17(2,3)24-16(23)20-12(10-7-5-4-6-8-10)14(21)19-13-11(9-25)18-15(13)22/h4-8,11-13,25H,9H2,1-3H3,(H,18,22)(H,19,21)(H,20,23)/t11-,12?,13+/m1/s1. The number of carbonyl (C=O) groups is 3. The molecule has 7 nitrogen and oxygen atoms in total. The molecule has 25 heavy (non-hydrogen) atoms. The van der Waals surface area contributed by atoms with Gasteiger partial charge in [-0.15, -0.1) is 0 Å². The zero-order valence-corrected chi connectivity index (χ0v) is 15.3. The maximum absolute atomic E-state index is 12.7. The summed E-state index contributed by atoms with van der Waals surface area (Å²) in [6.07, 6.45) is -0.708. The molecular weight excluding hydrogens is 342 g/mol. The first-order chi connectivity index (χ1) is 11.7. The third-order valence-electron chi connectivity index (χ3n) is 3.56. The third-order valence-corrected chi connectivity index (χ3v) is 3.96. The summed E-state index contributed by atoms with van der Waals surface area (Å²) < 4.78 is 5.23. The van der Waals surface area contributed by atoms with Gasteiger partial charge in [0.2, 0.25) is 11.8 Å². The van der Waals surface area contributed by atoms with E-state index in [-0.39, 0.29) is 11.9 Å². The first-order valence-corrected chi connectivity index (χ1v) is 8.60. The molecule has 3 atom stereocenters. The number of carbonyl (C=O) groups excluding carboxylic acids is 3. The minimum Gasteiger partial charge on any atom is -0.444 e. The molecule has 1 fully saturated rings. The third kappa shape index (κ3) is 5.12. The minimum absolute atomic E-state index is 0.224. The quantitative estimate of drug-likeness (QED) is 0.465. The van der Waals surface area contributed by atoms with Gasteiger partial charge in [0.05, 0.1) is 6.04 Å². The van der Waals surface area contributed by atoms with Crippen LogP contribution in [-0.4, -0.2) is 41.3 Å². The number of nitrogens with one attached hydrogen (secondary N) is 3. The van der Waals surface area contributed by atoms with Crippen LogP contribution in [0.5, 0.6) is 0 Å². The average Bonchev–Trinajstić information content (AvgIpc) is 2.54. The second-order valence-electron chi connectivity index (χ2n) is 6.77. The van der Waals surface area contributed by atoms with E-state index in [0.29, 0.717) is 11.3 Å². The van der Waals surface area contributed by atoms with E-state index in [0.717, 1.165) is 0 Å². The molecule has 0 radical (unpaired) electrons. The number of amides is 3. The van der Waals surface area contributed by atoms with Crippen LogP contribution in [0.3, 0.4) is 0 Å². The van der Waals surface area contributed by atoms with Crippen LogP contribution >= 0.6 is 12.6 Å². The Kier molecular flexibility index (Phi) is 5.94. The lowest BCUT2D eigenvalue weighted by Gasteiger charge is -2.37. The summed E-state index contributed by atoms with van der Waals surface area (Å²) >= 11 is 4.14. The number of rotatable bonds is 5. The fourth-order valence-electron chi connectivity index (χ4n) is 2.37. The molecule has 8 heteroatoms. The second kappa shape index (κ2) is 7.77. The molecule has 1 saturated heterocycles. The van der Waals surface area contributed by atoms with Crippen LogP contribution in [-0.2, 0) is 14.3 Å². The number of ether oxygens (including phenoxy) is 1. The van der Waals surface area contributed by atoms with Crippen molar-refractivity contribution in [1.29, 1.82) is 0 Å². The van der Waals surface area contributed by atoms with Gasteiger partial charge in [-0.3, -0.25) is 9.59 Å². The van der Waals surface area contributed by atoms with E-state index in [4.69, 9.17) is 4.74 Å². The lowest BCUT2D eigenvalue weighted by Crippen LogP contribution is -2.70. The van der Waals surface area contributed by atoms with Gasteiger partial charge in [0.25, 0.3) is 0 Å². The van der Waals surface area contributed by atoms with E-state index in [1.807, 2.05) is 6.07 Å². The molecule has 3 amide bonds. The minimum atomic E-state index is -0.968. The molecule has 0 spiro atoms. The molecule has 1 aromatic rings. The molecule has 136 valence electrons. The highest BCUT2D eigenvalue weighted by Gasteiger charge is 2.40. The smallest absolute Gasteiger partial charge is 0.408 e. The van der Waals surface area contributed by atoms with Crippen molar-refractivity contribution in [2.24, 2.45) is 0 Å². The Bertz CT molecular complexity index is 645. The maximum atomic E-state index is 12.7. The van der Waals surface area contributed by atoms with E-state index in [9.17, 15) is 14.4 Å². The Morgan fingerprint density at radius 3 is 2.44 bits per heavy atom.